The lowest BCUT2D eigenvalue weighted by molar-refractivity contribution is 0.303. The van der Waals surface area contributed by atoms with Crippen LogP contribution in [0.3, 0.4) is 0 Å². The molecule has 0 aliphatic carbocycles. The average Bonchev–Trinajstić information content (AvgIpc) is 2.46. The Morgan fingerprint density at radius 1 is 1.11 bits per heavy atom. The van der Waals surface area contributed by atoms with E-state index in [1.54, 1.807) is 0 Å². The van der Waals surface area contributed by atoms with Gasteiger partial charge in [-0.1, -0.05) is 0 Å². The van der Waals surface area contributed by atoms with Gasteiger partial charge in [0.15, 0.2) is 0 Å². The van der Waals surface area contributed by atoms with Crippen LogP contribution in [0.5, 0.6) is 12.0 Å². The molecule has 1 aromatic rings. The summed E-state index contributed by atoms with van der Waals surface area (Å²) in [6.45, 7) is 1.23. The number of methoxy groups -OCH3 is 2. The number of aromatic nitrogens is 3. The third-order valence-electron chi connectivity index (χ3n) is 3.06. The lowest BCUT2D eigenvalue weighted by atomic mass is 9.99. The molecule has 0 N–H and O–H groups in total. The van der Waals surface area contributed by atoms with Gasteiger partial charge in [-0.25, -0.2) is 0 Å². The first kappa shape index (κ1) is 12.8. The van der Waals surface area contributed by atoms with Crippen molar-refractivity contribution in [3.05, 3.63) is 0 Å². The predicted molar refractivity (Wildman–Crippen MR) is 63.8 cm³/mol. The summed E-state index contributed by atoms with van der Waals surface area (Å²) in [7, 11) is 2.99. The van der Waals surface area contributed by atoms with Crippen molar-refractivity contribution in [3.8, 4) is 12.0 Å². The quantitative estimate of drug-likeness (QED) is 0.803. The standard InChI is InChI=1S/C11H17FN4O2/c1-17-10-13-9(14-11(15-10)18-2)16-5-3-8(7-12)4-6-16/h8H,3-7H2,1-2H3. The molecular weight excluding hydrogens is 239 g/mol. The van der Waals surface area contributed by atoms with Crippen molar-refractivity contribution < 1.29 is 13.9 Å². The molecule has 100 valence electrons. The van der Waals surface area contributed by atoms with Gasteiger partial charge in [-0.15, -0.1) is 4.98 Å². The summed E-state index contributed by atoms with van der Waals surface area (Å²) in [6.07, 6.45) is 1.62. The van der Waals surface area contributed by atoms with Gasteiger partial charge in [0, 0.05) is 13.1 Å². The van der Waals surface area contributed by atoms with E-state index in [0.29, 0.717) is 5.95 Å². The van der Waals surface area contributed by atoms with E-state index in [9.17, 15) is 4.39 Å². The highest BCUT2D eigenvalue weighted by Crippen LogP contribution is 2.23. The fraction of sp³-hybridized carbons (Fsp3) is 0.727. The van der Waals surface area contributed by atoms with E-state index in [2.05, 4.69) is 15.0 Å². The van der Waals surface area contributed by atoms with Crippen LogP contribution in [-0.4, -0.2) is 48.9 Å². The number of halogens is 1. The molecule has 1 aliphatic rings. The third-order valence-corrected chi connectivity index (χ3v) is 3.06. The Bertz CT molecular complexity index is 374. The fourth-order valence-corrected chi connectivity index (χ4v) is 1.94. The van der Waals surface area contributed by atoms with Gasteiger partial charge in [0.25, 0.3) is 0 Å². The summed E-state index contributed by atoms with van der Waals surface area (Å²) in [5.74, 6) is 0.683. The van der Waals surface area contributed by atoms with Crippen molar-refractivity contribution in [3.63, 3.8) is 0 Å². The van der Waals surface area contributed by atoms with E-state index in [0.717, 1.165) is 25.9 Å². The van der Waals surface area contributed by atoms with Crippen LogP contribution in [0.25, 0.3) is 0 Å². The summed E-state index contributed by atoms with van der Waals surface area (Å²) < 4.78 is 22.5. The van der Waals surface area contributed by atoms with E-state index >= 15 is 0 Å². The Balaban J connectivity index is 2.13. The van der Waals surface area contributed by atoms with Gasteiger partial charge in [-0.2, -0.15) is 9.97 Å². The summed E-state index contributed by atoms with van der Waals surface area (Å²) in [4.78, 5) is 14.3. The molecule has 1 aromatic heterocycles. The minimum atomic E-state index is -0.252. The van der Waals surface area contributed by atoms with Gasteiger partial charge in [0.1, 0.15) is 0 Å². The first-order valence-corrected chi connectivity index (χ1v) is 5.91. The summed E-state index contributed by atoms with van der Waals surface area (Å²) in [6, 6.07) is 0.453. The molecule has 18 heavy (non-hydrogen) atoms. The predicted octanol–water partition coefficient (Wildman–Crippen LogP) is 1.07. The van der Waals surface area contributed by atoms with Crippen LogP contribution in [0.2, 0.25) is 0 Å². The second kappa shape index (κ2) is 5.79. The topological polar surface area (TPSA) is 60.4 Å². The second-order valence-corrected chi connectivity index (χ2v) is 4.19. The molecule has 0 aromatic carbocycles. The van der Waals surface area contributed by atoms with E-state index in [1.807, 2.05) is 4.90 Å². The SMILES string of the molecule is COc1nc(OC)nc(N2CCC(CF)CC2)n1. The maximum Gasteiger partial charge on any atom is 0.324 e. The van der Waals surface area contributed by atoms with Gasteiger partial charge >= 0.3 is 12.0 Å². The van der Waals surface area contributed by atoms with Crippen LogP contribution in [0.15, 0.2) is 0 Å². The van der Waals surface area contributed by atoms with Crippen molar-refractivity contribution in [2.75, 3.05) is 38.9 Å². The summed E-state index contributed by atoms with van der Waals surface area (Å²) >= 11 is 0. The van der Waals surface area contributed by atoms with Crippen molar-refractivity contribution >= 4 is 5.95 Å². The highest BCUT2D eigenvalue weighted by atomic mass is 19.1. The van der Waals surface area contributed by atoms with Gasteiger partial charge in [-0.05, 0) is 18.8 Å². The van der Waals surface area contributed by atoms with Gasteiger partial charge in [-0.3, -0.25) is 4.39 Å². The normalized spacial score (nSPS) is 16.7. The van der Waals surface area contributed by atoms with Crippen molar-refractivity contribution in [1.82, 2.24) is 15.0 Å². The van der Waals surface area contributed by atoms with E-state index in [1.165, 1.54) is 14.2 Å². The van der Waals surface area contributed by atoms with Crippen LogP contribution in [-0.2, 0) is 0 Å². The zero-order chi connectivity index (χ0) is 13.0. The zero-order valence-electron chi connectivity index (χ0n) is 10.6. The number of nitrogens with zero attached hydrogens (tertiary/aromatic N) is 4. The monoisotopic (exact) mass is 256 g/mol. The van der Waals surface area contributed by atoms with Crippen LogP contribution in [0, 0.1) is 5.92 Å². The van der Waals surface area contributed by atoms with E-state index in [4.69, 9.17) is 9.47 Å². The zero-order valence-corrected chi connectivity index (χ0v) is 10.6. The molecule has 2 heterocycles. The van der Waals surface area contributed by atoms with Gasteiger partial charge in [0.2, 0.25) is 5.95 Å². The summed E-state index contributed by atoms with van der Waals surface area (Å²) in [5.41, 5.74) is 0. The fourth-order valence-electron chi connectivity index (χ4n) is 1.94. The maximum atomic E-state index is 12.5. The minimum absolute atomic E-state index is 0.159. The van der Waals surface area contributed by atoms with Gasteiger partial charge < -0.3 is 14.4 Å². The highest BCUT2D eigenvalue weighted by Gasteiger charge is 2.22. The minimum Gasteiger partial charge on any atom is -0.467 e. The first-order chi connectivity index (χ1) is 8.76. The number of piperidine rings is 1. The molecule has 0 spiro atoms. The number of anilines is 1. The molecule has 0 amide bonds. The van der Waals surface area contributed by atoms with Crippen LogP contribution in [0.4, 0.5) is 10.3 Å². The average molecular weight is 256 g/mol. The molecule has 0 radical (unpaired) electrons. The largest absolute Gasteiger partial charge is 0.467 e. The smallest absolute Gasteiger partial charge is 0.324 e. The van der Waals surface area contributed by atoms with E-state index in [-0.39, 0.29) is 24.6 Å². The van der Waals surface area contributed by atoms with Crippen molar-refractivity contribution in [2.45, 2.75) is 12.8 Å². The number of hydrogen-bond donors (Lipinski definition) is 0. The molecule has 1 aliphatic heterocycles. The lowest BCUT2D eigenvalue weighted by Crippen LogP contribution is -2.35. The molecular formula is C11H17FN4O2. The molecule has 1 saturated heterocycles. The van der Waals surface area contributed by atoms with Crippen LogP contribution >= 0.6 is 0 Å². The third kappa shape index (κ3) is 2.77. The Kier molecular flexibility index (Phi) is 4.11. The molecule has 0 bridgehead atoms. The Labute approximate surface area is 105 Å². The Hall–Kier alpha value is -1.66. The number of rotatable bonds is 4. The molecule has 2 rings (SSSR count). The van der Waals surface area contributed by atoms with Crippen molar-refractivity contribution in [1.29, 1.82) is 0 Å². The Morgan fingerprint density at radius 3 is 2.11 bits per heavy atom. The highest BCUT2D eigenvalue weighted by molar-refractivity contribution is 5.32. The molecule has 1 fully saturated rings. The van der Waals surface area contributed by atoms with Crippen LogP contribution in [0.1, 0.15) is 12.8 Å². The van der Waals surface area contributed by atoms with Crippen LogP contribution < -0.4 is 14.4 Å². The number of ether oxygens (including phenoxy) is 2. The molecule has 0 saturated carbocycles. The molecule has 7 heteroatoms. The Morgan fingerprint density at radius 2 is 1.67 bits per heavy atom. The number of hydrogen-bond acceptors (Lipinski definition) is 6. The molecule has 0 unspecified atom stereocenters. The van der Waals surface area contributed by atoms with E-state index < -0.39 is 0 Å². The van der Waals surface area contributed by atoms with Crippen molar-refractivity contribution in [2.24, 2.45) is 5.92 Å². The summed E-state index contributed by atoms with van der Waals surface area (Å²) in [5, 5.41) is 0. The second-order valence-electron chi connectivity index (χ2n) is 4.19. The number of alkyl halides is 1. The lowest BCUT2D eigenvalue weighted by Gasteiger charge is -2.30. The van der Waals surface area contributed by atoms with Gasteiger partial charge in [0.05, 0.1) is 20.9 Å². The first-order valence-electron chi connectivity index (χ1n) is 5.91. The maximum absolute atomic E-state index is 12.5. The molecule has 0 atom stereocenters. The molecule has 6 nitrogen and oxygen atoms in total.